The maximum Gasteiger partial charge on any atom is 0.230 e. The average molecular weight is 350 g/mol. The van der Waals surface area contributed by atoms with Crippen LogP contribution in [0.5, 0.6) is 0 Å². The molecule has 0 fully saturated rings. The van der Waals surface area contributed by atoms with Crippen LogP contribution in [-0.2, 0) is 17.9 Å². The van der Waals surface area contributed by atoms with E-state index in [2.05, 4.69) is 20.8 Å². The summed E-state index contributed by atoms with van der Waals surface area (Å²) in [7, 11) is 0. The standard InChI is InChI=1S/C14H14N4O3S2/c19-12(15-7-10-3-1-5-20-10)9-22-14-18-17-13(23-14)16-8-11-4-2-6-21-11/h1-6H,7-9H2,(H,15,19)(H,16,17). The summed E-state index contributed by atoms with van der Waals surface area (Å²) >= 11 is 2.75. The maximum atomic E-state index is 11.8. The molecule has 0 saturated carbocycles. The van der Waals surface area contributed by atoms with Gasteiger partial charge in [-0.15, -0.1) is 10.2 Å². The van der Waals surface area contributed by atoms with Crippen LogP contribution in [-0.4, -0.2) is 21.9 Å². The molecule has 0 aromatic carbocycles. The summed E-state index contributed by atoms with van der Waals surface area (Å²) < 4.78 is 11.1. The molecule has 0 atom stereocenters. The zero-order valence-electron chi connectivity index (χ0n) is 12.0. The predicted molar refractivity (Wildman–Crippen MR) is 87.2 cm³/mol. The second kappa shape index (κ2) is 7.84. The summed E-state index contributed by atoms with van der Waals surface area (Å²) in [5, 5.41) is 14.7. The number of hydrogen-bond donors (Lipinski definition) is 2. The lowest BCUT2D eigenvalue weighted by atomic mass is 10.4. The number of carbonyl (C=O) groups is 1. The molecular formula is C14H14N4O3S2. The van der Waals surface area contributed by atoms with Crippen molar-refractivity contribution in [2.24, 2.45) is 0 Å². The van der Waals surface area contributed by atoms with Gasteiger partial charge in [0.15, 0.2) is 4.34 Å². The Morgan fingerprint density at radius 2 is 1.87 bits per heavy atom. The summed E-state index contributed by atoms with van der Waals surface area (Å²) in [6, 6.07) is 7.32. The fourth-order valence-corrected chi connectivity index (χ4v) is 3.27. The number of nitrogens with one attached hydrogen (secondary N) is 2. The molecule has 0 radical (unpaired) electrons. The molecule has 3 rings (SSSR count). The quantitative estimate of drug-likeness (QED) is 0.603. The minimum atomic E-state index is -0.0771. The number of rotatable bonds is 8. The van der Waals surface area contributed by atoms with Gasteiger partial charge in [0, 0.05) is 0 Å². The van der Waals surface area contributed by atoms with E-state index in [1.165, 1.54) is 23.1 Å². The van der Waals surface area contributed by atoms with Crippen molar-refractivity contribution in [3.8, 4) is 0 Å². The summed E-state index contributed by atoms with van der Waals surface area (Å²) in [5.41, 5.74) is 0. The van der Waals surface area contributed by atoms with Gasteiger partial charge < -0.3 is 19.5 Å². The molecule has 0 spiro atoms. The van der Waals surface area contributed by atoms with Crippen molar-refractivity contribution < 1.29 is 13.6 Å². The van der Waals surface area contributed by atoms with E-state index < -0.39 is 0 Å². The Morgan fingerprint density at radius 1 is 1.13 bits per heavy atom. The molecule has 0 saturated heterocycles. The fourth-order valence-electron chi connectivity index (χ4n) is 1.69. The number of hydrogen-bond acceptors (Lipinski definition) is 8. The fraction of sp³-hybridized carbons (Fsp3) is 0.214. The lowest BCUT2D eigenvalue weighted by Gasteiger charge is -2.01. The highest BCUT2D eigenvalue weighted by atomic mass is 32.2. The number of amides is 1. The molecule has 1 amide bonds. The van der Waals surface area contributed by atoms with Crippen molar-refractivity contribution in [1.82, 2.24) is 15.5 Å². The van der Waals surface area contributed by atoms with E-state index in [1.54, 1.807) is 18.6 Å². The molecule has 3 aromatic rings. The molecule has 120 valence electrons. The summed E-state index contributed by atoms with van der Waals surface area (Å²) in [6.45, 7) is 0.939. The Hall–Kier alpha value is -2.26. The van der Waals surface area contributed by atoms with Crippen LogP contribution in [0, 0.1) is 0 Å². The highest BCUT2D eigenvalue weighted by Gasteiger charge is 2.09. The van der Waals surface area contributed by atoms with Gasteiger partial charge in [-0.1, -0.05) is 23.1 Å². The normalized spacial score (nSPS) is 10.6. The van der Waals surface area contributed by atoms with E-state index in [0.717, 1.165) is 15.9 Å². The molecule has 3 heterocycles. The zero-order valence-corrected chi connectivity index (χ0v) is 13.7. The van der Waals surface area contributed by atoms with Gasteiger partial charge in [-0.2, -0.15) is 0 Å². The molecule has 23 heavy (non-hydrogen) atoms. The first-order valence-corrected chi connectivity index (χ1v) is 8.61. The van der Waals surface area contributed by atoms with Crippen molar-refractivity contribution in [2.45, 2.75) is 17.4 Å². The Bertz CT molecular complexity index is 725. The average Bonchev–Trinajstić information content (AvgIpc) is 3.31. The first kappa shape index (κ1) is 15.6. The van der Waals surface area contributed by atoms with Gasteiger partial charge >= 0.3 is 0 Å². The predicted octanol–water partition coefficient (Wildman–Crippen LogP) is 2.74. The number of thioether (sulfide) groups is 1. The third-order valence-corrected chi connectivity index (χ3v) is 4.78. The van der Waals surface area contributed by atoms with Crippen LogP contribution in [0.1, 0.15) is 11.5 Å². The Labute approximate surface area is 140 Å². The van der Waals surface area contributed by atoms with E-state index in [0.29, 0.717) is 18.2 Å². The van der Waals surface area contributed by atoms with Crippen LogP contribution >= 0.6 is 23.1 Å². The molecule has 3 aromatic heterocycles. The smallest absolute Gasteiger partial charge is 0.230 e. The lowest BCUT2D eigenvalue weighted by molar-refractivity contribution is -0.118. The second-order valence-electron chi connectivity index (χ2n) is 4.45. The van der Waals surface area contributed by atoms with Crippen molar-refractivity contribution in [3.05, 3.63) is 48.3 Å². The largest absolute Gasteiger partial charge is 0.467 e. The molecule has 0 aliphatic rings. The topological polar surface area (TPSA) is 93.2 Å². The van der Waals surface area contributed by atoms with Crippen LogP contribution in [0.3, 0.4) is 0 Å². The molecule has 0 unspecified atom stereocenters. The van der Waals surface area contributed by atoms with Gasteiger partial charge in [0.25, 0.3) is 0 Å². The molecule has 9 heteroatoms. The van der Waals surface area contributed by atoms with Gasteiger partial charge in [-0.3, -0.25) is 4.79 Å². The van der Waals surface area contributed by atoms with Crippen molar-refractivity contribution in [2.75, 3.05) is 11.1 Å². The number of furan rings is 2. The van der Waals surface area contributed by atoms with Gasteiger partial charge in [-0.25, -0.2) is 0 Å². The number of carbonyl (C=O) groups excluding carboxylic acids is 1. The first-order chi connectivity index (χ1) is 11.3. The van der Waals surface area contributed by atoms with Gasteiger partial charge in [0.2, 0.25) is 11.0 Å². The van der Waals surface area contributed by atoms with E-state index in [4.69, 9.17) is 8.83 Å². The third-order valence-electron chi connectivity index (χ3n) is 2.77. The van der Waals surface area contributed by atoms with Crippen LogP contribution in [0.2, 0.25) is 0 Å². The second-order valence-corrected chi connectivity index (χ2v) is 6.65. The summed E-state index contributed by atoms with van der Waals surface area (Å²) in [5.74, 6) is 1.76. The number of nitrogens with zero attached hydrogens (tertiary/aromatic N) is 2. The zero-order chi connectivity index (χ0) is 15.9. The van der Waals surface area contributed by atoms with Crippen LogP contribution in [0.15, 0.2) is 50.0 Å². The van der Waals surface area contributed by atoms with Gasteiger partial charge in [0.1, 0.15) is 11.5 Å². The van der Waals surface area contributed by atoms with Gasteiger partial charge in [0.05, 0.1) is 31.4 Å². The van der Waals surface area contributed by atoms with Crippen molar-refractivity contribution in [3.63, 3.8) is 0 Å². The van der Waals surface area contributed by atoms with Gasteiger partial charge in [-0.05, 0) is 24.3 Å². The minimum absolute atomic E-state index is 0.0771. The first-order valence-electron chi connectivity index (χ1n) is 6.81. The van der Waals surface area contributed by atoms with E-state index in [9.17, 15) is 4.79 Å². The summed E-state index contributed by atoms with van der Waals surface area (Å²) in [4.78, 5) is 11.8. The summed E-state index contributed by atoms with van der Waals surface area (Å²) in [6.07, 6.45) is 3.20. The lowest BCUT2D eigenvalue weighted by Crippen LogP contribution is -2.24. The monoisotopic (exact) mass is 350 g/mol. The van der Waals surface area contributed by atoms with E-state index in [1.807, 2.05) is 18.2 Å². The molecule has 0 aliphatic heterocycles. The van der Waals surface area contributed by atoms with E-state index >= 15 is 0 Å². The molecule has 7 nitrogen and oxygen atoms in total. The van der Waals surface area contributed by atoms with Crippen LogP contribution in [0.4, 0.5) is 5.13 Å². The minimum Gasteiger partial charge on any atom is -0.467 e. The molecule has 2 N–H and O–H groups in total. The van der Waals surface area contributed by atoms with Crippen molar-refractivity contribution in [1.29, 1.82) is 0 Å². The SMILES string of the molecule is O=C(CSc1nnc(NCc2ccco2)s1)NCc1ccco1. The highest BCUT2D eigenvalue weighted by molar-refractivity contribution is 8.01. The molecule has 0 aliphatic carbocycles. The number of aromatic nitrogens is 2. The van der Waals surface area contributed by atoms with E-state index in [-0.39, 0.29) is 11.7 Å². The number of anilines is 1. The highest BCUT2D eigenvalue weighted by Crippen LogP contribution is 2.25. The Balaban J connectivity index is 1.39. The Morgan fingerprint density at radius 3 is 2.57 bits per heavy atom. The van der Waals surface area contributed by atoms with Crippen molar-refractivity contribution >= 4 is 34.1 Å². The van der Waals surface area contributed by atoms with Crippen LogP contribution < -0.4 is 10.6 Å². The van der Waals surface area contributed by atoms with Crippen LogP contribution in [0.25, 0.3) is 0 Å². The third kappa shape index (κ3) is 4.86. The maximum absolute atomic E-state index is 11.8. The Kier molecular flexibility index (Phi) is 5.33. The molecular weight excluding hydrogens is 336 g/mol. The molecule has 0 bridgehead atoms.